The van der Waals surface area contributed by atoms with Crippen molar-refractivity contribution in [3.05, 3.63) is 28.2 Å². The lowest BCUT2D eigenvalue weighted by Crippen LogP contribution is -2.48. The summed E-state index contributed by atoms with van der Waals surface area (Å²) in [5, 5.41) is 0. The lowest BCUT2D eigenvalue weighted by Gasteiger charge is -2.35. The quantitative estimate of drug-likeness (QED) is 0.870. The fourth-order valence-corrected chi connectivity index (χ4v) is 5.21. The second-order valence-electron chi connectivity index (χ2n) is 4.95. The first-order valence-corrected chi connectivity index (χ1v) is 8.38. The van der Waals surface area contributed by atoms with Crippen molar-refractivity contribution in [1.29, 1.82) is 0 Å². The molecule has 0 spiro atoms. The monoisotopic (exact) mass is 368 g/mol. The number of hydrogen-bond donors (Lipinski definition) is 1. The zero-order chi connectivity index (χ0) is 15.1. The van der Waals surface area contributed by atoms with Crippen LogP contribution in [0, 0.1) is 11.6 Å². The number of benzene rings is 1. The summed E-state index contributed by atoms with van der Waals surface area (Å²) >= 11 is 2.92. The average molecular weight is 369 g/mol. The topological polar surface area (TPSA) is 63.4 Å². The van der Waals surface area contributed by atoms with E-state index in [2.05, 4.69) is 15.9 Å². The normalized spacial score (nSPS) is 24.9. The number of nitrogens with two attached hydrogens (primary N) is 1. The zero-order valence-electron chi connectivity index (χ0n) is 10.8. The zero-order valence-corrected chi connectivity index (χ0v) is 13.2. The molecular formula is C12H15BrF2N2O2S. The van der Waals surface area contributed by atoms with Crippen LogP contribution in [0.4, 0.5) is 8.78 Å². The maximum absolute atomic E-state index is 13.9. The number of halogens is 3. The van der Waals surface area contributed by atoms with Crippen LogP contribution in [-0.4, -0.2) is 31.4 Å². The Bertz CT molecular complexity index is 601. The van der Waals surface area contributed by atoms with Crippen LogP contribution >= 0.6 is 15.9 Å². The summed E-state index contributed by atoms with van der Waals surface area (Å²) in [7, 11) is -4.02. The van der Waals surface area contributed by atoms with Gasteiger partial charge in [0.15, 0.2) is 0 Å². The summed E-state index contributed by atoms with van der Waals surface area (Å²) in [6.45, 7) is 1.96. The Morgan fingerprint density at radius 1 is 1.40 bits per heavy atom. The molecule has 20 heavy (non-hydrogen) atoms. The largest absolute Gasteiger partial charge is 0.328 e. The highest BCUT2D eigenvalue weighted by molar-refractivity contribution is 9.10. The smallest absolute Gasteiger partial charge is 0.247 e. The minimum atomic E-state index is -4.02. The first-order valence-electron chi connectivity index (χ1n) is 6.15. The van der Waals surface area contributed by atoms with Gasteiger partial charge in [0, 0.05) is 29.2 Å². The molecule has 1 aliphatic rings. The van der Waals surface area contributed by atoms with E-state index in [1.165, 1.54) is 4.31 Å². The summed E-state index contributed by atoms with van der Waals surface area (Å²) in [4.78, 5) is -0.527. The van der Waals surface area contributed by atoms with E-state index in [0.29, 0.717) is 18.9 Å². The maximum Gasteiger partial charge on any atom is 0.247 e. The third-order valence-electron chi connectivity index (χ3n) is 3.39. The average Bonchev–Trinajstić information content (AvgIpc) is 2.25. The van der Waals surface area contributed by atoms with Crippen molar-refractivity contribution in [2.45, 2.75) is 36.7 Å². The second-order valence-corrected chi connectivity index (χ2v) is 7.63. The van der Waals surface area contributed by atoms with Crippen LogP contribution in [0.3, 0.4) is 0 Å². The number of nitrogens with zero attached hydrogens (tertiary/aromatic N) is 1. The van der Waals surface area contributed by atoms with Gasteiger partial charge in [-0.15, -0.1) is 0 Å². The van der Waals surface area contributed by atoms with E-state index in [0.717, 1.165) is 6.07 Å². The number of sulfonamides is 1. The molecule has 1 fully saturated rings. The molecule has 0 aromatic heterocycles. The third kappa shape index (κ3) is 2.88. The predicted octanol–water partition coefficient (Wildman–Crippen LogP) is 2.23. The summed E-state index contributed by atoms with van der Waals surface area (Å²) < 4.78 is 53.1. The lowest BCUT2D eigenvalue weighted by atomic mass is 10.0. The maximum atomic E-state index is 13.9. The molecule has 1 aliphatic heterocycles. The van der Waals surface area contributed by atoms with Crippen molar-refractivity contribution in [3.63, 3.8) is 0 Å². The van der Waals surface area contributed by atoms with Crippen molar-refractivity contribution in [1.82, 2.24) is 4.31 Å². The molecule has 0 radical (unpaired) electrons. The van der Waals surface area contributed by atoms with Crippen molar-refractivity contribution in [2.24, 2.45) is 5.73 Å². The van der Waals surface area contributed by atoms with Gasteiger partial charge in [-0.2, -0.15) is 4.31 Å². The number of hydrogen-bond acceptors (Lipinski definition) is 3. The fraction of sp³-hybridized carbons (Fsp3) is 0.500. The molecule has 1 aromatic rings. The minimum absolute atomic E-state index is 0.0574. The molecule has 2 unspecified atom stereocenters. The summed E-state index contributed by atoms with van der Waals surface area (Å²) in [6, 6.07) is 1.13. The van der Waals surface area contributed by atoms with Crippen molar-refractivity contribution in [3.8, 4) is 0 Å². The van der Waals surface area contributed by atoms with E-state index in [1.807, 2.05) is 0 Å². The predicted molar refractivity (Wildman–Crippen MR) is 74.6 cm³/mol. The molecule has 1 heterocycles. The minimum Gasteiger partial charge on any atom is -0.328 e. The molecule has 0 bridgehead atoms. The van der Waals surface area contributed by atoms with Crippen molar-refractivity contribution < 1.29 is 17.2 Å². The van der Waals surface area contributed by atoms with Crippen LogP contribution in [0.2, 0.25) is 0 Å². The SMILES string of the molecule is CC1CC(N)CCN1S(=O)(=O)c1c(F)cc(F)cc1Br. The van der Waals surface area contributed by atoms with Crippen molar-refractivity contribution >= 4 is 26.0 Å². The Balaban J connectivity index is 2.46. The first kappa shape index (κ1) is 15.8. The van der Waals surface area contributed by atoms with Crippen LogP contribution in [0.15, 0.2) is 21.5 Å². The van der Waals surface area contributed by atoms with E-state index in [-0.39, 0.29) is 23.1 Å². The third-order valence-corrected chi connectivity index (χ3v) is 6.36. The highest BCUT2D eigenvalue weighted by atomic mass is 79.9. The number of rotatable bonds is 2. The molecule has 0 aliphatic carbocycles. The number of piperidine rings is 1. The van der Waals surface area contributed by atoms with Gasteiger partial charge in [-0.05, 0) is 41.8 Å². The van der Waals surface area contributed by atoms with E-state index >= 15 is 0 Å². The van der Waals surface area contributed by atoms with Crippen LogP contribution in [0.25, 0.3) is 0 Å². The molecule has 2 N–H and O–H groups in total. The molecule has 2 rings (SSSR count). The van der Waals surface area contributed by atoms with E-state index in [1.54, 1.807) is 6.92 Å². The molecule has 4 nitrogen and oxygen atoms in total. The van der Waals surface area contributed by atoms with E-state index < -0.39 is 26.6 Å². The van der Waals surface area contributed by atoms with Gasteiger partial charge in [-0.3, -0.25) is 0 Å². The van der Waals surface area contributed by atoms with Gasteiger partial charge in [0.1, 0.15) is 16.5 Å². The summed E-state index contributed by atoms with van der Waals surface area (Å²) in [6.07, 6.45) is 1.03. The van der Waals surface area contributed by atoms with E-state index in [4.69, 9.17) is 5.73 Å². The molecule has 1 saturated heterocycles. The molecule has 112 valence electrons. The molecule has 0 saturated carbocycles. The first-order chi connectivity index (χ1) is 9.23. The molecule has 0 amide bonds. The van der Waals surface area contributed by atoms with Crippen LogP contribution in [-0.2, 0) is 10.0 Å². The molecule has 1 aromatic carbocycles. The van der Waals surface area contributed by atoms with Gasteiger partial charge in [0.2, 0.25) is 10.0 Å². The van der Waals surface area contributed by atoms with Gasteiger partial charge in [-0.1, -0.05) is 0 Å². The Morgan fingerprint density at radius 2 is 2.05 bits per heavy atom. The second kappa shape index (κ2) is 5.67. The van der Waals surface area contributed by atoms with Crippen LogP contribution in [0.1, 0.15) is 19.8 Å². The van der Waals surface area contributed by atoms with Gasteiger partial charge >= 0.3 is 0 Å². The van der Waals surface area contributed by atoms with Gasteiger partial charge in [0.05, 0.1) is 0 Å². The van der Waals surface area contributed by atoms with E-state index in [9.17, 15) is 17.2 Å². The van der Waals surface area contributed by atoms with Crippen molar-refractivity contribution in [2.75, 3.05) is 6.54 Å². The highest BCUT2D eigenvalue weighted by Gasteiger charge is 2.36. The van der Waals surface area contributed by atoms with Gasteiger partial charge < -0.3 is 5.73 Å². The molecule has 2 atom stereocenters. The van der Waals surface area contributed by atoms with Gasteiger partial charge in [0.25, 0.3) is 0 Å². The summed E-state index contributed by atoms with van der Waals surface area (Å²) in [5.74, 6) is -1.93. The van der Waals surface area contributed by atoms with Gasteiger partial charge in [-0.25, -0.2) is 17.2 Å². The lowest BCUT2D eigenvalue weighted by molar-refractivity contribution is 0.246. The fourth-order valence-electron chi connectivity index (χ4n) is 2.44. The Kier molecular flexibility index (Phi) is 4.48. The highest BCUT2D eigenvalue weighted by Crippen LogP contribution is 2.32. The van der Waals surface area contributed by atoms with Crippen LogP contribution in [0.5, 0.6) is 0 Å². The molecule has 8 heteroatoms. The summed E-state index contributed by atoms with van der Waals surface area (Å²) in [5.41, 5.74) is 5.79. The Morgan fingerprint density at radius 3 is 2.60 bits per heavy atom. The Hall–Kier alpha value is -0.570. The standard InChI is InChI=1S/C12H15BrF2N2O2S/c1-7-4-9(16)2-3-17(7)20(18,19)12-10(13)5-8(14)6-11(12)15/h5-7,9H,2-4,16H2,1H3. The van der Waals surface area contributed by atoms with Crippen LogP contribution < -0.4 is 5.73 Å². The Labute approximate surface area is 125 Å². The molecular weight excluding hydrogens is 354 g/mol.